The molecule has 4 aromatic carbocycles. The van der Waals surface area contributed by atoms with E-state index in [0.717, 1.165) is 15.4 Å². The van der Waals surface area contributed by atoms with E-state index in [4.69, 9.17) is 16.3 Å². The smallest absolute Gasteiger partial charge is 0.339 e. The maximum atomic E-state index is 12.9. The van der Waals surface area contributed by atoms with Crippen LogP contribution in [0.15, 0.2) is 118 Å². The first-order chi connectivity index (χ1) is 19.9. The predicted octanol–water partition coefficient (Wildman–Crippen LogP) is 7.43. The highest BCUT2D eigenvalue weighted by atomic mass is 35.5. The zero-order valence-electron chi connectivity index (χ0n) is 22.4. The third kappa shape index (κ3) is 9.14. The SMILES string of the molecule is CCN(Cc1ccccc1)C(=O)CSc1ccccc1C(=O)OCC(=O)Nc1ccccc1Sc1ccc(Cl)cc1. The number of carbonyl (C=O) groups is 3. The maximum Gasteiger partial charge on any atom is 0.339 e. The minimum Gasteiger partial charge on any atom is -0.452 e. The van der Waals surface area contributed by atoms with Crippen LogP contribution in [0.5, 0.6) is 0 Å². The Labute approximate surface area is 253 Å². The lowest BCUT2D eigenvalue weighted by atomic mass is 10.2. The van der Waals surface area contributed by atoms with E-state index in [9.17, 15) is 14.4 Å². The molecular weight excluding hydrogens is 576 g/mol. The second-order valence-corrected chi connectivity index (χ2v) is 11.4. The molecular formula is C32H29ClN2O4S2. The lowest BCUT2D eigenvalue weighted by molar-refractivity contribution is -0.128. The minimum atomic E-state index is -0.629. The monoisotopic (exact) mass is 604 g/mol. The van der Waals surface area contributed by atoms with Crippen LogP contribution in [0.1, 0.15) is 22.8 Å². The van der Waals surface area contributed by atoms with Gasteiger partial charge in [0.25, 0.3) is 5.91 Å². The molecule has 0 aliphatic heterocycles. The van der Waals surface area contributed by atoms with Crippen LogP contribution >= 0.6 is 35.1 Å². The third-order valence-corrected chi connectivity index (χ3v) is 8.34. The number of hydrogen-bond acceptors (Lipinski definition) is 6. The van der Waals surface area contributed by atoms with E-state index in [1.807, 2.05) is 67.6 Å². The van der Waals surface area contributed by atoms with E-state index < -0.39 is 18.5 Å². The van der Waals surface area contributed by atoms with Gasteiger partial charge in [-0.3, -0.25) is 9.59 Å². The van der Waals surface area contributed by atoms with Gasteiger partial charge in [-0.1, -0.05) is 78.0 Å². The van der Waals surface area contributed by atoms with Crippen LogP contribution in [0.25, 0.3) is 0 Å². The number of nitrogens with one attached hydrogen (secondary N) is 1. The van der Waals surface area contributed by atoms with Gasteiger partial charge in [0.1, 0.15) is 0 Å². The van der Waals surface area contributed by atoms with E-state index in [1.165, 1.54) is 23.5 Å². The number of rotatable bonds is 12. The first-order valence-electron chi connectivity index (χ1n) is 13.0. The van der Waals surface area contributed by atoms with Crippen molar-refractivity contribution in [1.82, 2.24) is 4.90 Å². The number of carbonyl (C=O) groups excluding carboxylic acids is 3. The Bertz CT molecular complexity index is 1480. The second-order valence-electron chi connectivity index (χ2n) is 8.85. The second kappa shape index (κ2) is 15.3. The van der Waals surface area contributed by atoms with E-state index in [-0.39, 0.29) is 11.7 Å². The highest BCUT2D eigenvalue weighted by Crippen LogP contribution is 2.34. The summed E-state index contributed by atoms with van der Waals surface area (Å²) in [7, 11) is 0. The van der Waals surface area contributed by atoms with Crippen LogP contribution in [0.4, 0.5) is 5.69 Å². The van der Waals surface area contributed by atoms with Crippen molar-refractivity contribution in [3.8, 4) is 0 Å². The number of anilines is 1. The number of amides is 2. The van der Waals surface area contributed by atoms with Gasteiger partial charge in [0.15, 0.2) is 6.61 Å². The normalized spacial score (nSPS) is 10.6. The highest BCUT2D eigenvalue weighted by Gasteiger charge is 2.18. The fourth-order valence-corrected chi connectivity index (χ4v) is 5.83. The molecule has 0 aliphatic carbocycles. The molecule has 6 nitrogen and oxygen atoms in total. The Hall–Kier alpha value is -3.72. The molecule has 0 heterocycles. The van der Waals surface area contributed by atoms with Crippen molar-refractivity contribution in [3.63, 3.8) is 0 Å². The summed E-state index contributed by atoms with van der Waals surface area (Å²) >= 11 is 8.74. The molecule has 0 fully saturated rings. The minimum absolute atomic E-state index is 0.0287. The fourth-order valence-electron chi connectivity index (χ4n) is 3.86. The molecule has 0 bridgehead atoms. The topological polar surface area (TPSA) is 75.7 Å². The number of ether oxygens (including phenoxy) is 1. The Balaban J connectivity index is 1.32. The van der Waals surface area contributed by atoms with Gasteiger partial charge in [-0.2, -0.15) is 0 Å². The lowest BCUT2D eigenvalue weighted by Crippen LogP contribution is -2.31. The zero-order chi connectivity index (χ0) is 29.0. The molecule has 0 saturated heterocycles. The number of esters is 1. The Kier molecular flexibility index (Phi) is 11.3. The predicted molar refractivity (Wildman–Crippen MR) is 166 cm³/mol. The molecule has 0 aliphatic rings. The summed E-state index contributed by atoms with van der Waals surface area (Å²) in [5, 5.41) is 3.47. The number of nitrogens with zero attached hydrogens (tertiary/aromatic N) is 1. The van der Waals surface area contributed by atoms with E-state index in [2.05, 4.69) is 5.32 Å². The van der Waals surface area contributed by atoms with Crippen molar-refractivity contribution >= 4 is 58.6 Å². The largest absolute Gasteiger partial charge is 0.452 e. The molecule has 2 amide bonds. The number of hydrogen-bond donors (Lipinski definition) is 1. The van der Waals surface area contributed by atoms with Crippen LogP contribution < -0.4 is 5.32 Å². The van der Waals surface area contributed by atoms with Crippen molar-refractivity contribution < 1.29 is 19.1 Å². The Morgan fingerprint density at radius 3 is 2.22 bits per heavy atom. The molecule has 0 atom stereocenters. The van der Waals surface area contributed by atoms with Gasteiger partial charge in [0, 0.05) is 32.8 Å². The van der Waals surface area contributed by atoms with Crippen molar-refractivity contribution in [1.29, 1.82) is 0 Å². The quantitative estimate of drug-likeness (QED) is 0.134. The van der Waals surface area contributed by atoms with Crippen molar-refractivity contribution in [3.05, 3.63) is 119 Å². The first-order valence-corrected chi connectivity index (χ1v) is 15.1. The summed E-state index contributed by atoms with van der Waals surface area (Å²) in [5.74, 6) is -0.939. The molecule has 0 aromatic heterocycles. The number of halogens is 1. The average molecular weight is 605 g/mol. The Morgan fingerprint density at radius 2 is 1.49 bits per heavy atom. The molecule has 0 unspecified atom stereocenters. The van der Waals surface area contributed by atoms with Gasteiger partial charge in [0.2, 0.25) is 5.91 Å². The Morgan fingerprint density at radius 1 is 0.829 bits per heavy atom. The van der Waals surface area contributed by atoms with E-state index in [1.54, 1.807) is 47.4 Å². The van der Waals surface area contributed by atoms with Crippen molar-refractivity contribution in [2.75, 3.05) is 24.2 Å². The average Bonchev–Trinajstić information content (AvgIpc) is 3.00. The molecule has 210 valence electrons. The molecule has 1 N–H and O–H groups in total. The summed E-state index contributed by atoms with van der Waals surface area (Å²) < 4.78 is 5.35. The fraction of sp³-hybridized carbons (Fsp3) is 0.156. The van der Waals surface area contributed by atoms with Gasteiger partial charge in [-0.15, -0.1) is 11.8 Å². The number of benzene rings is 4. The molecule has 4 rings (SSSR count). The molecule has 0 saturated carbocycles. The lowest BCUT2D eigenvalue weighted by Gasteiger charge is -2.21. The number of para-hydroxylation sites is 1. The molecule has 4 aromatic rings. The molecule has 0 radical (unpaired) electrons. The summed E-state index contributed by atoms with van der Waals surface area (Å²) in [5.41, 5.74) is 1.98. The van der Waals surface area contributed by atoms with Crippen LogP contribution in [0.3, 0.4) is 0 Å². The van der Waals surface area contributed by atoms with Gasteiger partial charge in [-0.25, -0.2) is 4.79 Å². The maximum absolute atomic E-state index is 12.9. The summed E-state index contributed by atoms with van der Waals surface area (Å²) in [6.45, 7) is 2.60. The molecule has 0 spiro atoms. The zero-order valence-corrected chi connectivity index (χ0v) is 24.8. The van der Waals surface area contributed by atoms with Gasteiger partial charge in [0.05, 0.1) is 17.0 Å². The summed E-state index contributed by atoms with van der Waals surface area (Å²) in [4.78, 5) is 42.7. The van der Waals surface area contributed by atoms with Crippen molar-refractivity contribution in [2.45, 2.75) is 28.2 Å². The van der Waals surface area contributed by atoms with Crippen LogP contribution in [0, 0.1) is 0 Å². The van der Waals surface area contributed by atoms with Gasteiger partial charge in [-0.05, 0) is 61.0 Å². The van der Waals surface area contributed by atoms with E-state index in [0.29, 0.717) is 34.3 Å². The van der Waals surface area contributed by atoms with Crippen molar-refractivity contribution in [2.24, 2.45) is 0 Å². The third-order valence-electron chi connectivity index (χ3n) is 5.95. The standard InChI is InChI=1S/C32H29ClN2O4S2/c1-2-35(20-23-10-4-3-5-11-23)31(37)22-40-28-14-8-6-12-26(28)32(38)39-21-30(36)34-27-13-7-9-15-29(27)41-25-18-16-24(33)17-19-25/h3-19H,2,20-22H2,1H3,(H,34,36). The number of thioether (sulfide) groups is 1. The highest BCUT2D eigenvalue weighted by molar-refractivity contribution is 8.00. The molecule has 9 heteroatoms. The molecule has 41 heavy (non-hydrogen) atoms. The van der Waals surface area contributed by atoms with Gasteiger partial charge >= 0.3 is 5.97 Å². The first kappa shape index (κ1) is 30.2. The van der Waals surface area contributed by atoms with Crippen LogP contribution in [0.2, 0.25) is 5.02 Å². The summed E-state index contributed by atoms with van der Waals surface area (Å²) in [6.07, 6.45) is 0. The van der Waals surface area contributed by atoms with Crippen LogP contribution in [-0.4, -0.2) is 41.6 Å². The van der Waals surface area contributed by atoms with Gasteiger partial charge < -0.3 is 15.0 Å². The summed E-state index contributed by atoms with van der Waals surface area (Å²) in [6, 6.07) is 31.5. The van der Waals surface area contributed by atoms with Crippen LogP contribution in [-0.2, 0) is 20.9 Å². The van der Waals surface area contributed by atoms with E-state index >= 15 is 0 Å².